The van der Waals surface area contributed by atoms with Crippen LogP contribution in [0.1, 0.15) is 65.2 Å². The number of carbonyl (C=O) groups excluding carboxylic acids is 2. The first-order valence-electron chi connectivity index (χ1n) is 9.48. The van der Waals surface area contributed by atoms with Crippen molar-refractivity contribution in [2.24, 2.45) is 33.8 Å². The number of carbonyl (C=O) groups is 2. The molecular weight excluding hydrogens is 300 g/mol. The minimum Gasteiger partial charge on any atom is -0.369 e. The second-order valence-corrected chi connectivity index (χ2v) is 9.94. The fraction of sp³-hybridized carbons (Fsp3) is 0.800. The van der Waals surface area contributed by atoms with Gasteiger partial charge in [0.15, 0.2) is 0 Å². The Balaban J connectivity index is 1.56. The van der Waals surface area contributed by atoms with Crippen LogP contribution in [0.25, 0.3) is 0 Å². The normalized spacial score (nSPS) is 49.2. The third-order valence-corrected chi connectivity index (χ3v) is 7.22. The maximum Gasteiger partial charge on any atom is 0.226 e. The molecule has 0 aliphatic heterocycles. The summed E-state index contributed by atoms with van der Waals surface area (Å²) < 4.78 is 0. The van der Waals surface area contributed by atoms with E-state index in [0.717, 1.165) is 19.3 Å². The van der Waals surface area contributed by atoms with Gasteiger partial charge in [-0.2, -0.15) is 0 Å². The smallest absolute Gasteiger partial charge is 0.226 e. The van der Waals surface area contributed by atoms with Crippen LogP contribution in [-0.2, 0) is 9.59 Å². The van der Waals surface area contributed by atoms with Crippen LogP contribution in [0.2, 0.25) is 0 Å². The summed E-state index contributed by atoms with van der Waals surface area (Å²) in [5.41, 5.74) is 5.98. The van der Waals surface area contributed by atoms with Crippen molar-refractivity contribution in [2.45, 2.75) is 71.3 Å². The first-order valence-corrected chi connectivity index (χ1v) is 9.48. The van der Waals surface area contributed by atoms with Crippen molar-refractivity contribution < 1.29 is 9.59 Å². The largest absolute Gasteiger partial charge is 0.369 e. The maximum absolute atomic E-state index is 13.3. The van der Waals surface area contributed by atoms with Crippen LogP contribution >= 0.6 is 0 Å². The maximum atomic E-state index is 13.3. The van der Waals surface area contributed by atoms with Gasteiger partial charge >= 0.3 is 0 Å². The highest BCUT2D eigenvalue weighted by atomic mass is 16.2. The highest BCUT2D eigenvalue weighted by Crippen LogP contribution is 2.69. The van der Waals surface area contributed by atoms with E-state index in [0.29, 0.717) is 29.6 Å². The Bertz CT molecular complexity index is 593. The van der Waals surface area contributed by atoms with E-state index in [1.807, 2.05) is 6.08 Å². The molecule has 4 heteroatoms. The zero-order valence-corrected chi connectivity index (χ0v) is 14.9. The number of amides is 2. The Labute approximate surface area is 144 Å². The molecule has 4 atom stereocenters. The van der Waals surface area contributed by atoms with Gasteiger partial charge in [0.2, 0.25) is 11.8 Å². The number of hydrogen-bond donors (Lipinski definition) is 2. The summed E-state index contributed by atoms with van der Waals surface area (Å²) in [6.07, 6.45) is 12.3. The van der Waals surface area contributed by atoms with Crippen molar-refractivity contribution in [3.8, 4) is 0 Å². The third-order valence-electron chi connectivity index (χ3n) is 7.22. The molecule has 0 heterocycles. The first kappa shape index (κ1) is 16.2. The zero-order valence-electron chi connectivity index (χ0n) is 14.9. The topological polar surface area (TPSA) is 72.2 Å². The summed E-state index contributed by atoms with van der Waals surface area (Å²) in [6.45, 7) is 4.76. The molecule has 5 aliphatic carbocycles. The lowest BCUT2D eigenvalue weighted by atomic mass is 9.40. The molecule has 4 nitrogen and oxygen atoms in total. The average molecular weight is 330 g/mol. The molecule has 0 aromatic rings. The lowest BCUT2D eigenvalue weighted by molar-refractivity contribution is -0.171. The molecule has 0 aromatic heterocycles. The Morgan fingerprint density at radius 1 is 1.00 bits per heavy atom. The van der Waals surface area contributed by atoms with E-state index in [1.165, 1.54) is 19.3 Å². The van der Waals surface area contributed by atoms with E-state index in [4.69, 9.17) is 5.73 Å². The quantitative estimate of drug-likeness (QED) is 0.781. The monoisotopic (exact) mass is 330 g/mol. The number of nitrogens with two attached hydrogens (primary N) is 1. The summed E-state index contributed by atoms with van der Waals surface area (Å²) in [6, 6.07) is -0.131. The molecule has 4 saturated carbocycles. The minimum atomic E-state index is -0.297. The van der Waals surface area contributed by atoms with Crippen molar-refractivity contribution in [2.75, 3.05) is 0 Å². The predicted octanol–water partition coefficient (Wildman–Crippen LogP) is 2.92. The lowest BCUT2D eigenvalue weighted by Crippen LogP contribution is -2.61. The number of nitrogens with one attached hydrogen (secondary N) is 1. The van der Waals surface area contributed by atoms with E-state index in [1.54, 1.807) is 0 Å². The number of rotatable bonds is 3. The van der Waals surface area contributed by atoms with E-state index in [2.05, 4.69) is 25.2 Å². The van der Waals surface area contributed by atoms with Crippen LogP contribution in [0.15, 0.2) is 12.2 Å². The van der Waals surface area contributed by atoms with Crippen LogP contribution in [-0.4, -0.2) is 17.9 Å². The standard InChI is InChI=1S/C20H30N2O2/c1-18-7-13-8-19(2,10-18)12-20(9-13,11-18)17(24)22-15-6-4-3-5-14(15)16(21)23/h3-4,13-15H,5-12H2,1-2H3,(H2,21,23)(H,22,24)/t13?,14-,15+,18?,19?,20?/m0/s1. The van der Waals surface area contributed by atoms with Gasteiger partial charge in [-0.05, 0) is 68.1 Å². The molecule has 4 bridgehead atoms. The van der Waals surface area contributed by atoms with Crippen LogP contribution in [0.5, 0.6) is 0 Å². The number of primary amides is 1. The summed E-state index contributed by atoms with van der Waals surface area (Å²) in [7, 11) is 0. The molecule has 2 unspecified atom stereocenters. The molecule has 2 amide bonds. The molecule has 3 N–H and O–H groups in total. The van der Waals surface area contributed by atoms with E-state index >= 15 is 0 Å². The summed E-state index contributed by atoms with van der Waals surface area (Å²) in [5.74, 6) is 0.323. The second kappa shape index (κ2) is 5.09. The van der Waals surface area contributed by atoms with E-state index < -0.39 is 0 Å². The highest BCUT2D eigenvalue weighted by molar-refractivity contribution is 5.85. The van der Waals surface area contributed by atoms with Crippen molar-refractivity contribution in [1.29, 1.82) is 0 Å². The summed E-state index contributed by atoms with van der Waals surface area (Å²) >= 11 is 0. The fourth-order valence-corrected chi connectivity index (χ4v) is 7.31. The van der Waals surface area contributed by atoms with Gasteiger partial charge in [0.25, 0.3) is 0 Å². The Hall–Kier alpha value is -1.32. The molecule has 0 saturated heterocycles. The van der Waals surface area contributed by atoms with Gasteiger partial charge in [-0.15, -0.1) is 0 Å². The van der Waals surface area contributed by atoms with Crippen molar-refractivity contribution in [1.82, 2.24) is 5.32 Å². The van der Waals surface area contributed by atoms with Crippen molar-refractivity contribution in [3.63, 3.8) is 0 Å². The molecule has 4 fully saturated rings. The van der Waals surface area contributed by atoms with Gasteiger partial charge in [0, 0.05) is 6.04 Å². The molecule has 0 radical (unpaired) electrons. The number of hydrogen-bond acceptors (Lipinski definition) is 2. The van der Waals surface area contributed by atoms with Gasteiger partial charge in [-0.25, -0.2) is 0 Å². The van der Waals surface area contributed by atoms with Crippen LogP contribution in [0, 0.1) is 28.1 Å². The van der Waals surface area contributed by atoms with Crippen LogP contribution in [0.3, 0.4) is 0 Å². The Morgan fingerprint density at radius 2 is 1.62 bits per heavy atom. The fourth-order valence-electron chi connectivity index (χ4n) is 7.31. The lowest BCUT2D eigenvalue weighted by Gasteiger charge is -2.64. The van der Waals surface area contributed by atoms with Crippen molar-refractivity contribution >= 4 is 11.8 Å². The SMILES string of the molecule is CC12CC3CC(C)(C1)CC(C(=O)N[C@@H]1CC=CC[C@@H]1C(N)=O)(C3)C2. The molecule has 5 rings (SSSR count). The molecule has 0 aromatic carbocycles. The first-order chi connectivity index (χ1) is 11.2. The van der Waals surface area contributed by atoms with Crippen molar-refractivity contribution in [3.05, 3.63) is 12.2 Å². The van der Waals surface area contributed by atoms with E-state index in [-0.39, 0.29) is 29.2 Å². The highest BCUT2D eigenvalue weighted by Gasteiger charge is 2.62. The Morgan fingerprint density at radius 3 is 2.21 bits per heavy atom. The molecular formula is C20H30N2O2. The second-order valence-electron chi connectivity index (χ2n) is 9.94. The molecule has 132 valence electrons. The van der Waals surface area contributed by atoms with Gasteiger partial charge in [0.05, 0.1) is 11.3 Å². The summed E-state index contributed by atoms with van der Waals surface area (Å²) in [5, 5.41) is 3.25. The van der Waals surface area contributed by atoms with E-state index in [9.17, 15) is 9.59 Å². The molecule has 0 spiro atoms. The Kier molecular flexibility index (Phi) is 3.43. The van der Waals surface area contributed by atoms with Gasteiger partial charge in [-0.1, -0.05) is 26.0 Å². The summed E-state index contributed by atoms with van der Waals surface area (Å²) in [4.78, 5) is 25.1. The average Bonchev–Trinajstić information content (AvgIpc) is 2.43. The van der Waals surface area contributed by atoms with Gasteiger partial charge in [-0.3, -0.25) is 9.59 Å². The zero-order chi connectivity index (χ0) is 17.2. The van der Waals surface area contributed by atoms with Crippen LogP contribution < -0.4 is 11.1 Å². The van der Waals surface area contributed by atoms with Gasteiger partial charge < -0.3 is 11.1 Å². The third kappa shape index (κ3) is 2.49. The number of allylic oxidation sites excluding steroid dienone is 1. The molecule has 5 aliphatic rings. The van der Waals surface area contributed by atoms with Crippen LogP contribution in [0.4, 0.5) is 0 Å². The minimum absolute atomic E-state index is 0.131. The van der Waals surface area contributed by atoms with Gasteiger partial charge in [0.1, 0.15) is 0 Å². The molecule has 24 heavy (non-hydrogen) atoms. The predicted molar refractivity (Wildman–Crippen MR) is 92.8 cm³/mol.